The van der Waals surface area contributed by atoms with E-state index < -0.39 is 89.2 Å². The molecule has 0 aliphatic carbocycles. The van der Waals surface area contributed by atoms with E-state index in [1.165, 1.54) is 4.90 Å². The van der Waals surface area contributed by atoms with Gasteiger partial charge in [-0.05, 0) is 82.9 Å². The highest BCUT2D eigenvalue weighted by atomic mass is 35.5. The maximum Gasteiger partial charge on any atom is 0.408 e. The van der Waals surface area contributed by atoms with Crippen LogP contribution in [0, 0.1) is 10.1 Å². The molecule has 8 N–H and O–H groups in total. The highest BCUT2D eigenvalue weighted by Gasteiger charge is 2.39. The number of ether oxygens (including phenoxy) is 3. The molecule has 1 saturated heterocycles. The number of nitrogens with one attached hydrogen (secondary N) is 6. The molecule has 6 amide bonds. The number of hydrazine groups is 1. The molecule has 1 heterocycles. The number of hydrogen-bond donors (Lipinski definition) is 7. The van der Waals surface area contributed by atoms with Crippen LogP contribution < -0.4 is 37.7 Å². The number of halogens is 1. The lowest BCUT2D eigenvalue weighted by Crippen LogP contribution is -2.56. The summed E-state index contributed by atoms with van der Waals surface area (Å²) in [7, 11) is 0. The molecule has 1 aliphatic heterocycles. The summed E-state index contributed by atoms with van der Waals surface area (Å²) < 4.78 is 15.9. The zero-order chi connectivity index (χ0) is 51.8. The molecule has 0 saturated carbocycles. The highest BCUT2D eigenvalue weighted by Crippen LogP contribution is 2.23. The summed E-state index contributed by atoms with van der Waals surface area (Å²) in [6.45, 7) is 4.45. The minimum absolute atomic E-state index is 0.0305. The average molecular weight is 1010 g/mol. The number of aliphatic imine (C=N–C) groups is 1. The van der Waals surface area contributed by atoms with Crippen molar-refractivity contribution in [1.29, 1.82) is 0 Å². The Morgan fingerprint density at radius 2 is 1.46 bits per heavy atom. The molecule has 384 valence electrons. The molecular weight excluding hydrogens is 944 g/mol. The summed E-state index contributed by atoms with van der Waals surface area (Å²) >= 11 is 6.14. The number of esters is 1. The van der Waals surface area contributed by atoms with Gasteiger partial charge in [-0.1, -0.05) is 95.9 Å². The van der Waals surface area contributed by atoms with E-state index in [1.54, 1.807) is 50.5 Å². The molecule has 0 spiro atoms. The number of unbranched alkanes of at least 4 members (excludes halogenated alkanes) is 1. The van der Waals surface area contributed by atoms with Crippen LogP contribution in [0.15, 0.2) is 89.9 Å². The maximum atomic E-state index is 14.2. The fraction of sp³-hybridized carbons (Fsp3) is 0.458. The molecule has 3 aromatic carbocycles. The molecule has 0 aromatic heterocycles. The van der Waals surface area contributed by atoms with Crippen LogP contribution in [-0.2, 0) is 44.8 Å². The molecule has 0 bridgehead atoms. The van der Waals surface area contributed by atoms with Crippen molar-refractivity contribution in [3.8, 4) is 0 Å². The largest absolute Gasteiger partial charge is 0.456 e. The van der Waals surface area contributed by atoms with Gasteiger partial charge in [-0.3, -0.25) is 24.0 Å². The van der Waals surface area contributed by atoms with E-state index in [0.717, 1.165) is 11.1 Å². The van der Waals surface area contributed by atoms with Crippen molar-refractivity contribution in [3.63, 3.8) is 0 Å². The number of carbonyl (C=O) groups is 7. The number of nitrogens with two attached hydrogens (primary N) is 1. The highest BCUT2D eigenvalue weighted by molar-refractivity contribution is 6.31. The van der Waals surface area contributed by atoms with Gasteiger partial charge in [-0.2, -0.15) is 0 Å². The van der Waals surface area contributed by atoms with Gasteiger partial charge in [-0.15, -0.1) is 0 Å². The van der Waals surface area contributed by atoms with E-state index >= 15 is 0 Å². The Bertz CT molecular complexity index is 2260. The van der Waals surface area contributed by atoms with E-state index in [1.807, 2.05) is 60.7 Å². The minimum atomic E-state index is -1.23. The van der Waals surface area contributed by atoms with E-state index in [-0.39, 0.29) is 64.9 Å². The Kier molecular flexibility index (Phi) is 22.8. The molecule has 3 atom stereocenters. The number of benzene rings is 3. The fourth-order valence-corrected chi connectivity index (χ4v) is 7.52. The second-order valence-corrected chi connectivity index (χ2v) is 17.7. The van der Waals surface area contributed by atoms with Crippen molar-refractivity contribution in [2.75, 3.05) is 32.8 Å². The third kappa shape index (κ3) is 20.6. The van der Waals surface area contributed by atoms with E-state index in [0.29, 0.717) is 29.8 Å². The van der Waals surface area contributed by atoms with Crippen LogP contribution in [0.5, 0.6) is 0 Å². The van der Waals surface area contributed by atoms with Gasteiger partial charge >= 0.3 is 18.2 Å². The van der Waals surface area contributed by atoms with Gasteiger partial charge in [0.15, 0.2) is 11.6 Å². The number of nitro groups is 1. The number of guanidine groups is 1. The van der Waals surface area contributed by atoms with Crippen LogP contribution in [0.2, 0.25) is 5.02 Å². The summed E-state index contributed by atoms with van der Waals surface area (Å²) in [5, 5.41) is 23.8. The molecule has 3 aromatic rings. The Morgan fingerprint density at radius 1 is 0.817 bits per heavy atom. The third-order valence-corrected chi connectivity index (χ3v) is 11.0. The molecule has 1 aliphatic rings. The van der Waals surface area contributed by atoms with Crippen LogP contribution >= 0.6 is 11.6 Å². The third-order valence-electron chi connectivity index (χ3n) is 10.7. The van der Waals surface area contributed by atoms with Crippen molar-refractivity contribution in [2.24, 2.45) is 10.7 Å². The fourth-order valence-electron chi connectivity index (χ4n) is 7.33. The Hall–Kier alpha value is -7.49. The average Bonchev–Trinajstić information content (AvgIpc) is 3.83. The zero-order valence-corrected chi connectivity index (χ0v) is 40.7. The number of amides is 6. The molecule has 71 heavy (non-hydrogen) atoms. The summed E-state index contributed by atoms with van der Waals surface area (Å²) in [5.41, 5.74) is 8.65. The molecule has 0 radical (unpaired) electrons. The predicted molar refractivity (Wildman–Crippen MR) is 261 cm³/mol. The van der Waals surface area contributed by atoms with Crippen LogP contribution in [0.4, 0.5) is 9.59 Å². The summed E-state index contributed by atoms with van der Waals surface area (Å²) in [6.07, 6.45) is -0.221. The normalized spacial score (nSPS) is 14.3. The summed E-state index contributed by atoms with van der Waals surface area (Å²) in [6, 6.07) is 21.6. The quantitative estimate of drug-likeness (QED) is 0.0120. The van der Waals surface area contributed by atoms with Gasteiger partial charge < -0.3 is 51.4 Å². The van der Waals surface area contributed by atoms with Gasteiger partial charge in [0.1, 0.15) is 30.3 Å². The van der Waals surface area contributed by atoms with Crippen molar-refractivity contribution in [3.05, 3.63) is 117 Å². The monoisotopic (exact) mass is 1010 g/mol. The Balaban J connectivity index is 1.35. The second kappa shape index (κ2) is 28.9. The van der Waals surface area contributed by atoms with Crippen LogP contribution in [0.1, 0.15) is 94.9 Å². The molecule has 4 rings (SSSR count). The van der Waals surface area contributed by atoms with E-state index in [2.05, 4.69) is 31.6 Å². The lowest BCUT2D eigenvalue weighted by atomic mass is 9.99. The first-order valence-electron chi connectivity index (χ1n) is 23.2. The topological polar surface area (TPSA) is 304 Å². The van der Waals surface area contributed by atoms with Crippen LogP contribution in [-0.4, -0.2) is 114 Å². The first-order chi connectivity index (χ1) is 33.9. The number of likely N-dealkylation sites (tertiary alicyclic amines) is 1. The zero-order valence-electron chi connectivity index (χ0n) is 40.0. The first-order valence-corrected chi connectivity index (χ1v) is 23.6. The van der Waals surface area contributed by atoms with Crippen molar-refractivity contribution in [1.82, 2.24) is 36.9 Å². The number of rotatable bonds is 25. The number of carbonyl (C=O) groups excluding carboxylic acids is 7. The molecule has 0 unspecified atom stereocenters. The van der Waals surface area contributed by atoms with Gasteiger partial charge in [0.25, 0.3) is 11.9 Å². The smallest absolute Gasteiger partial charge is 0.408 e. The number of nitrogens with zero attached hydrogens (tertiary/aromatic N) is 3. The van der Waals surface area contributed by atoms with Crippen LogP contribution in [0.3, 0.4) is 0 Å². The first kappa shape index (κ1) is 56.1. The second-order valence-electron chi connectivity index (χ2n) is 17.3. The lowest BCUT2D eigenvalue weighted by Gasteiger charge is -2.30. The van der Waals surface area contributed by atoms with Gasteiger partial charge in [-0.25, -0.2) is 24.7 Å². The summed E-state index contributed by atoms with van der Waals surface area (Å²) in [4.78, 5) is 109. The summed E-state index contributed by atoms with van der Waals surface area (Å²) in [5.74, 6) is -3.73. The van der Waals surface area contributed by atoms with Gasteiger partial charge in [0.2, 0.25) is 17.7 Å². The van der Waals surface area contributed by atoms with E-state index in [9.17, 15) is 43.7 Å². The van der Waals surface area contributed by atoms with Crippen molar-refractivity contribution in [2.45, 2.75) is 109 Å². The SMILES string of the molecule is CC(C)(C)OC(=O)N[C@@H](CCCCNC(=O)OCc1ccccc1Cl)C(=O)N1CCC[C@H]1C(=O)N[C@@H](CCCN=C(N)N[N+](=O)[O-])C(=O)NCCC(=O)OCC(=O)NC(c1ccccc1)c1ccccc1. The molecule has 23 heteroatoms. The predicted octanol–water partition coefficient (Wildman–Crippen LogP) is 3.94. The minimum Gasteiger partial charge on any atom is -0.456 e. The maximum absolute atomic E-state index is 14.2. The number of alkyl carbamates (subject to hydrolysis) is 2. The molecular formula is C48H63ClN10O12. The molecule has 1 fully saturated rings. The van der Waals surface area contributed by atoms with Crippen molar-refractivity contribution >= 4 is 59.3 Å². The standard InChI is InChI=1S/C48H63ClN10O12/c1-48(2,3)71-47(66)55-37(22-12-13-26-53-46(65)70-30-34-20-10-11-21-35(34)49)44(64)58-29-15-24-38(58)43(63)54-36(23-14-27-52-45(50)57-59(67)68)42(62)51-28-25-40(61)69-31-39(60)56-41(32-16-6-4-7-17-32)33-18-8-5-9-19-33/h4-11,16-21,36-38,41H,12-15,22-31H2,1-3H3,(H,51,62)(H,53,65)(H,54,63)(H,55,66)(H,56,60)(H3,50,52,57)/t36-,37-,38-/m0/s1. The van der Waals surface area contributed by atoms with Crippen LogP contribution in [0.25, 0.3) is 0 Å². The van der Waals surface area contributed by atoms with Crippen molar-refractivity contribution < 1.29 is 52.8 Å². The molecule has 22 nitrogen and oxygen atoms in total. The van der Waals surface area contributed by atoms with E-state index in [4.69, 9.17) is 31.5 Å². The Labute approximate surface area is 416 Å². The lowest BCUT2D eigenvalue weighted by molar-refractivity contribution is -0.525. The Morgan fingerprint density at radius 3 is 2.11 bits per heavy atom. The number of hydrogen-bond acceptors (Lipinski definition) is 13. The van der Waals surface area contributed by atoms with Gasteiger partial charge in [0.05, 0.1) is 12.5 Å². The van der Waals surface area contributed by atoms with Gasteiger partial charge in [0, 0.05) is 36.8 Å².